The summed E-state index contributed by atoms with van der Waals surface area (Å²) in [5.41, 5.74) is -0.518. The number of nitrogens with one attached hydrogen (secondary N) is 1. The van der Waals surface area contributed by atoms with Gasteiger partial charge in [0.2, 0.25) is 5.91 Å². The van der Waals surface area contributed by atoms with Gasteiger partial charge in [-0.15, -0.1) is 0 Å². The summed E-state index contributed by atoms with van der Waals surface area (Å²) in [7, 11) is 0. The number of carbonyl (C=O) groups excluding carboxylic acids is 1. The SMILES string of the molecule is O=C1CCC2CN(CC3(O)CCNCC3)CCN12. The zero-order chi connectivity index (χ0) is 12.6. The van der Waals surface area contributed by atoms with E-state index in [0.29, 0.717) is 18.4 Å². The molecule has 1 amide bonds. The lowest BCUT2D eigenvalue weighted by Crippen LogP contribution is -2.57. The molecule has 102 valence electrons. The van der Waals surface area contributed by atoms with E-state index in [4.69, 9.17) is 0 Å². The molecular weight excluding hydrogens is 230 g/mol. The number of nitrogens with zero attached hydrogens (tertiary/aromatic N) is 2. The molecule has 18 heavy (non-hydrogen) atoms. The van der Waals surface area contributed by atoms with E-state index in [1.807, 2.05) is 4.90 Å². The van der Waals surface area contributed by atoms with Crippen molar-refractivity contribution in [2.24, 2.45) is 0 Å². The van der Waals surface area contributed by atoms with Crippen LogP contribution in [0.25, 0.3) is 0 Å². The van der Waals surface area contributed by atoms with E-state index >= 15 is 0 Å². The molecule has 1 atom stereocenters. The highest BCUT2D eigenvalue weighted by Gasteiger charge is 2.38. The van der Waals surface area contributed by atoms with E-state index in [-0.39, 0.29) is 0 Å². The molecule has 0 radical (unpaired) electrons. The van der Waals surface area contributed by atoms with Crippen molar-refractivity contribution >= 4 is 5.91 Å². The van der Waals surface area contributed by atoms with Gasteiger partial charge < -0.3 is 15.3 Å². The molecule has 2 N–H and O–H groups in total. The van der Waals surface area contributed by atoms with Gasteiger partial charge in [-0.3, -0.25) is 9.69 Å². The molecule has 0 aromatic carbocycles. The van der Waals surface area contributed by atoms with E-state index in [9.17, 15) is 9.90 Å². The third-order valence-corrected chi connectivity index (χ3v) is 4.63. The fourth-order valence-corrected chi connectivity index (χ4v) is 3.54. The van der Waals surface area contributed by atoms with Crippen LogP contribution in [0, 0.1) is 0 Å². The summed E-state index contributed by atoms with van der Waals surface area (Å²) >= 11 is 0. The molecule has 3 saturated heterocycles. The molecule has 3 aliphatic heterocycles. The zero-order valence-corrected chi connectivity index (χ0v) is 10.9. The maximum absolute atomic E-state index is 11.6. The Bertz CT molecular complexity index is 328. The van der Waals surface area contributed by atoms with E-state index in [1.165, 1.54) is 0 Å². The first kappa shape index (κ1) is 12.4. The third-order valence-electron chi connectivity index (χ3n) is 4.63. The lowest BCUT2D eigenvalue weighted by Gasteiger charge is -2.42. The molecule has 3 rings (SSSR count). The Morgan fingerprint density at radius 1 is 1.33 bits per heavy atom. The summed E-state index contributed by atoms with van der Waals surface area (Å²) in [6.45, 7) is 5.31. The van der Waals surface area contributed by atoms with Gasteiger partial charge in [-0.1, -0.05) is 0 Å². The van der Waals surface area contributed by atoms with E-state index in [0.717, 1.165) is 58.5 Å². The van der Waals surface area contributed by atoms with Gasteiger partial charge >= 0.3 is 0 Å². The number of β-amino-alcohol motifs (C(OH)–C–C–N with tert-alkyl or cyclic N) is 1. The molecule has 0 bridgehead atoms. The molecule has 0 aliphatic carbocycles. The summed E-state index contributed by atoms with van der Waals surface area (Å²) in [5, 5.41) is 13.8. The number of piperazine rings is 1. The highest BCUT2D eigenvalue weighted by Crippen LogP contribution is 2.25. The quantitative estimate of drug-likeness (QED) is 0.690. The van der Waals surface area contributed by atoms with Crippen molar-refractivity contribution in [2.75, 3.05) is 39.3 Å². The minimum Gasteiger partial charge on any atom is -0.388 e. The lowest BCUT2D eigenvalue weighted by atomic mass is 9.91. The van der Waals surface area contributed by atoms with Crippen molar-refractivity contribution < 1.29 is 9.90 Å². The molecule has 0 saturated carbocycles. The average Bonchev–Trinajstić information content (AvgIpc) is 2.71. The molecule has 5 nitrogen and oxygen atoms in total. The standard InChI is InChI=1S/C13H23N3O2/c17-12-2-1-11-9-15(7-8-16(11)12)10-13(18)3-5-14-6-4-13/h11,14,18H,1-10H2. The molecule has 3 fully saturated rings. The smallest absolute Gasteiger partial charge is 0.222 e. The second kappa shape index (κ2) is 4.79. The number of rotatable bonds is 2. The van der Waals surface area contributed by atoms with Gasteiger partial charge in [0.25, 0.3) is 0 Å². The maximum atomic E-state index is 11.6. The van der Waals surface area contributed by atoms with Crippen molar-refractivity contribution in [3.8, 4) is 0 Å². The second-order valence-electron chi connectivity index (χ2n) is 5.99. The minimum absolute atomic E-state index is 0.320. The summed E-state index contributed by atoms with van der Waals surface area (Å²) in [5.74, 6) is 0.320. The minimum atomic E-state index is -0.518. The van der Waals surface area contributed by atoms with Crippen LogP contribution in [-0.4, -0.2) is 71.7 Å². The predicted octanol–water partition coefficient (Wildman–Crippen LogP) is -0.592. The number of fused-ring (bicyclic) bond motifs is 1. The van der Waals surface area contributed by atoms with Gasteiger partial charge in [0.15, 0.2) is 0 Å². The highest BCUT2D eigenvalue weighted by atomic mass is 16.3. The van der Waals surface area contributed by atoms with Crippen LogP contribution in [0.4, 0.5) is 0 Å². The fourth-order valence-electron chi connectivity index (χ4n) is 3.54. The Kier molecular flexibility index (Phi) is 3.30. The Labute approximate surface area is 108 Å². The van der Waals surface area contributed by atoms with Crippen LogP contribution in [-0.2, 0) is 4.79 Å². The van der Waals surface area contributed by atoms with Crippen LogP contribution in [0.1, 0.15) is 25.7 Å². The zero-order valence-electron chi connectivity index (χ0n) is 10.9. The van der Waals surface area contributed by atoms with Gasteiger partial charge in [-0.05, 0) is 32.4 Å². The van der Waals surface area contributed by atoms with Crippen molar-refractivity contribution in [3.05, 3.63) is 0 Å². The normalized spacial score (nSPS) is 32.6. The number of hydrogen-bond acceptors (Lipinski definition) is 4. The van der Waals surface area contributed by atoms with Gasteiger partial charge in [0, 0.05) is 38.6 Å². The molecule has 1 unspecified atom stereocenters. The predicted molar refractivity (Wildman–Crippen MR) is 68.2 cm³/mol. The first-order valence-corrected chi connectivity index (χ1v) is 7.11. The topological polar surface area (TPSA) is 55.8 Å². The summed E-state index contributed by atoms with van der Waals surface area (Å²) in [6.07, 6.45) is 3.40. The van der Waals surface area contributed by atoms with Crippen LogP contribution >= 0.6 is 0 Å². The van der Waals surface area contributed by atoms with Crippen LogP contribution < -0.4 is 5.32 Å². The second-order valence-corrected chi connectivity index (χ2v) is 5.99. The molecule has 0 spiro atoms. The summed E-state index contributed by atoms with van der Waals surface area (Å²) < 4.78 is 0. The van der Waals surface area contributed by atoms with Crippen LogP contribution in [0.3, 0.4) is 0 Å². The average molecular weight is 253 g/mol. The Balaban J connectivity index is 1.56. The van der Waals surface area contributed by atoms with Crippen LogP contribution in [0.2, 0.25) is 0 Å². The fraction of sp³-hybridized carbons (Fsp3) is 0.923. The molecule has 5 heteroatoms. The van der Waals surface area contributed by atoms with Crippen LogP contribution in [0.15, 0.2) is 0 Å². The molecule has 0 aromatic heterocycles. The monoisotopic (exact) mass is 253 g/mol. The Hall–Kier alpha value is -0.650. The van der Waals surface area contributed by atoms with Crippen molar-refractivity contribution in [3.63, 3.8) is 0 Å². The number of aliphatic hydroxyl groups is 1. The first-order valence-electron chi connectivity index (χ1n) is 7.11. The van der Waals surface area contributed by atoms with E-state index in [2.05, 4.69) is 10.2 Å². The molecule has 0 aromatic rings. The summed E-state index contributed by atoms with van der Waals surface area (Å²) in [4.78, 5) is 16.0. The third kappa shape index (κ3) is 2.39. The highest BCUT2D eigenvalue weighted by molar-refractivity contribution is 5.78. The van der Waals surface area contributed by atoms with Gasteiger partial charge in [0.05, 0.1) is 5.60 Å². The van der Waals surface area contributed by atoms with Gasteiger partial charge in [-0.25, -0.2) is 0 Å². The molecule has 3 heterocycles. The van der Waals surface area contributed by atoms with Crippen LogP contribution in [0.5, 0.6) is 0 Å². The van der Waals surface area contributed by atoms with Crippen molar-refractivity contribution in [1.82, 2.24) is 15.1 Å². The summed E-state index contributed by atoms with van der Waals surface area (Å²) in [6, 6.07) is 0.400. The van der Waals surface area contributed by atoms with Crippen molar-refractivity contribution in [1.29, 1.82) is 0 Å². The Morgan fingerprint density at radius 2 is 2.11 bits per heavy atom. The maximum Gasteiger partial charge on any atom is 0.222 e. The molecule has 3 aliphatic rings. The number of piperidine rings is 1. The number of amides is 1. The van der Waals surface area contributed by atoms with E-state index < -0.39 is 5.60 Å². The first-order chi connectivity index (χ1) is 8.66. The van der Waals surface area contributed by atoms with E-state index in [1.54, 1.807) is 0 Å². The Morgan fingerprint density at radius 3 is 2.89 bits per heavy atom. The largest absolute Gasteiger partial charge is 0.388 e. The van der Waals surface area contributed by atoms with Gasteiger partial charge in [-0.2, -0.15) is 0 Å². The van der Waals surface area contributed by atoms with Crippen molar-refractivity contribution in [2.45, 2.75) is 37.3 Å². The molecular formula is C13H23N3O2. The lowest BCUT2D eigenvalue weighted by molar-refractivity contribution is -0.131. The number of hydrogen-bond donors (Lipinski definition) is 2. The van der Waals surface area contributed by atoms with Gasteiger partial charge in [0.1, 0.15) is 0 Å². The number of carbonyl (C=O) groups is 1.